The smallest absolute Gasteiger partial charge is 0.334 e. The lowest BCUT2D eigenvalue weighted by molar-refractivity contribution is -0.150. The van der Waals surface area contributed by atoms with Crippen LogP contribution < -0.4 is 11.1 Å². The third kappa shape index (κ3) is 4.14. The van der Waals surface area contributed by atoms with Crippen molar-refractivity contribution in [3.05, 3.63) is 0 Å². The number of piperidine rings is 1. The standard InChI is InChI=1S/C21H35N3O5/c1-20(2,3)16(22)18(27)24-9-11-13(21(11,4)5)14(24)17(26)23-12(8-10-6-7-10)15(25)19(28)29/h10-16,25H,6-9,22H2,1-5H3,(H,23,26)(H,28,29)/t11-,12?,13-,14-,15?,16?/m0/s1. The predicted octanol–water partition coefficient (Wildman–Crippen LogP) is 0.573. The predicted molar refractivity (Wildman–Crippen MR) is 107 cm³/mol. The summed E-state index contributed by atoms with van der Waals surface area (Å²) in [4.78, 5) is 39.2. The molecule has 3 rings (SSSR count). The van der Waals surface area contributed by atoms with E-state index in [1.807, 2.05) is 20.8 Å². The van der Waals surface area contributed by atoms with Gasteiger partial charge in [-0.2, -0.15) is 0 Å². The normalized spacial score (nSPS) is 30.9. The van der Waals surface area contributed by atoms with E-state index >= 15 is 0 Å². The Balaban J connectivity index is 1.79. The van der Waals surface area contributed by atoms with E-state index in [1.165, 1.54) is 0 Å². The van der Waals surface area contributed by atoms with Crippen molar-refractivity contribution in [3.8, 4) is 0 Å². The number of aliphatic hydroxyl groups excluding tert-OH is 1. The van der Waals surface area contributed by atoms with Crippen molar-refractivity contribution in [1.82, 2.24) is 10.2 Å². The van der Waals surface area contributed by atoms with Crippen molar-refractivity contribution in [2.75, 3.05) is 6.54 Å². The fourth-order valence-electron chi connectivity index (χ4n) is 4.78. The zero-order valence-electron chi connectivity index (χ0n) is 18.0. The summed E-state index contributed by atoms with van der Waals surface area (Å²) in [5.74, 6) is -1.42. The van der Waals surface area contributed by atoms with Crippen molar-refractivity contribution in [2.45, 2.75) is 78.1 Å². The van der Waals surface area contributed by atoms with Crippen LogP contribution in [0.4, 0.5) is 0 Å². The van der Waals surface area contributed by atoms with Crippen molar-refractivity contribution in [3.63, 3.8) is 0 Å². The highest BCUT2D eigenvalue weighted by Gasteiger charge is 2.69. The molecule has 6 atom stereocenters. The minimum absolute atomic E-state index is 0.0159. The number of hydrogen-bond donors (Lipinski definition) is 4. The lowest BCUT2D eigenvalue weighted by Gasteiger charge is -2.36. The first-order valence-electron chi connectivity index (χ1n) is 10.5. The molecule has 2 aliphatic carbocycles. The molecule has 1 saturated heterocycles. The molecule has 3 unspecified atom stereocenters. The topological polar surface area (TPSA) is 133 Å². The first-order chi connectivity index (χ1) is 13.3. The van der Waals surface area contributed by atoms with Gasteiger partial charge in [-0.15, -0.1) is 0 Å². The summed E-state index contributed by atoms with van der Waals surface area (Å²) in [6, 6.07) is -2.27. The minimum Gasteiger partial charge on any atom is -0.479 e. The molecule has 1 aliphatic heterocycles. The summed E-state index contributed by atoms with van der Waals surface area (Å²) in [6.45, 7) is 10.3. The summed E-state index contributed by atoms with van der Waals surface area (Å²) < 4.78 is 0. The van der Waals surface area contributed by atoms with Crippen LogP contribution in [0.15, 0.2) is 0 Å². The number of fused-ring (bicyclic) bond motifs is 1. The van der Waals surface area contributed by atoms with Gasteiger partial charge in [-0.3, -0.25) is 9.59 Å². The molecule has 29 heavy (non-hydrogen) atoms. The molecule has 2 saturated carbocycles. The molecule has 0 spiro atoms. The van der Waals surface area contributed by atoms with Gasteiger partial charge in [0.25, 0.3) is 0 Å². The zero-order chi connectivity index (χ0) is 21.9. The molecule has 0 aromatic carbocycles. The van der Waals surface area contributed by atoms with Crippen LogP contribution in [0.2, 0.25) is 0 Å². The second-order valence-corrected chi connectivity index (χ2v) is 10.8. The van der Waals surface area contributed by atoms with Crippen LogP contribution in [0, 0.1) is 28.6 Å². The molecule has 0 aromatic rings. The van der Waals surface area contributed by atoms with Gasteiger partial charge in [0.15, 0.2) is 6.10 Å². The average molecular weight is 410 g/mol. The fourth-order valence-corrected chi connectivity index (χ4v) is 4.78. The van der Waals surface area contributed by atoms with Crippen LogP contribution in [0.5, 0.6) is 0 Å². The summed E-state index contributed by atoms with van der Waals surface area (Å²) in [7, 11) is 0. The number of likely N-dealkylation sites (tertiary alicyclic amines) is 1. The molecule has 2 amide bonds. The third-order valence-electron chi connectivity index (χ3n) is 7.21. The largest absolute Gasteiger partial charge is 0.479 e. The number of carbonyl (C=O) groups is 3. The van der Waals surface area contributed by atoms with Crippen molar-refractivity contribution < 1.29 is 24.6 Å². The molecule has 8 nitrogen and oxygen atoms in total. The number of aliphatic carboxylic acids is 1. The Bertz CT molecular complexity index is 697. The number of nitrogens with zero attached hydrogens (tertiary/aromatic N) is 1. The molecule has 164 valence electrons. The van der Waals surface area contributed by atoms with E-state index in [0.29, 0.717) is 18.9 Å². The lowest BCUT2D eigenvalue weighted by Crippen LogP contribution is -2.59. The van der Waals surface area contributed by atoms with E-state index in [9.17, 15) is 24.6 Å². The summed E-state index contributed by atoms with van der Waals surface area (Å²) in [5.41, 5.74) is 5.70. The zero-order valence-corrected chi connectivity index (χ0v) is 18.0. The Labute approximate surface area is 172 Å². The molecular formula is C21H35N3O5. The Kier molecular flexibility index (Phi) is 5.49. The quantitative estimate of drug-likeness (QED) is 0.486. The molecule has 3 fully saturated rings. The van der Waals surface area contributed by atoms with Crippen LogP contribution in [-0.4, -0.2) is 63.7 Å². The van der Waals surface area contributed by atoms with Crippen LogP contribution in [0.1, 0.15) is 53.9 Å². The van der Waals surface area contributed by atoms with Gasteiger partial charge in [0.05, 0.1) is 12.1 Å². The second kappa shape index (κ2) is 7.23. The van der Waals surface area contributed by atoms with Gasteiger partial charge in [-0.25, -0.2) is 4.79 Å². The molecule has 0 radical (unpaired) electrons. The Morgan fingerprint density at radius 1 is 1.24 bits per heavy atom. The number of nitrogens with one attached hydrogen (secondary N) is 1. The van der Waals surface area contributed by atoms with E-state index < -0.39 is 35.6 Å². The number of aliphatic hydroxyl groups is 1. The first kappa shape index (κ1) is 22.0. The Morgan fingerprint density at radius 2 is 1.83 bits per heavy atom. The number of amides is 2. The Morgan fingerprint density at radius 3 is 2.31 bits per heavy atom. The van der Waals surface area contributed by atoms with Crippen molar-refractivity contribution >= 4 is 17.8 Å². The van der Waals surface area contributed by atoms with Gasteiger partial charge < -0.3 is 26.2 Å². The number of hydrogen-bond acceptors (Lipinski definition) is 5. The van der Waals surface area contributed by atoms with E-state index in [0.717, 1.165) is 12.8 Å². The first-order valence-corrected chi connectivity index (χ1v) is 10.5. The van der Waals surface area contributed by atoms with Crippen molar-refractivity contribution in [2.24, 2.45) is 34.3 Å². The second-order valence-electron chi connectivity index (χ2n) is 10.8. The summed E-state index contributed by atoms with van der Waals surface area (Å²) >= 11 is 0. The highest BCUT2D eigenvalue weighted by atomic mass is 16.4. The number of carboxylic acids is 1. The van der Waals surface area contributed by atoms with Gasteiger partial charge >= 0.3 is 5.97 Å². The van der Waals surface area contributed by atoms with Crippen LogP contribution in [-0.2, 0) is 14.4 Å². The van der Waals surface area contributed by atoms with Gasteiger partial charge in [-0.1, -0.05) is 47.5 Å². The van der Waals surface area contributed by atoms with Crippen LogP contribution in [0.25, 0.3) is 0 Å². The van der Waals surface area contributed by atoms with Gasteiger partial charge in [0, 0.05) is 6.54 Å². The van der Waals surface area contributed by atoms with E-state index in [1.54, 1.807) is 4.90 Å². The number of carbonyl (C=O) groups excluding carboxylic acids is 2. The molecule has 0 aromatic heterocycles. The molecular weight excluding hydrogens is 374 g/mol. The monoisotopic (exact) mass is 409 g/mol. The minimum atomic E-state index is -1.66. The average Bonchev–Trinajstić information content (AvgIpc) is 3.45. The molecule has 3 aliphatic rings. The molecule has 1 heterocycles. The summed E-state index contributed by atoms with van der Waals surface area (Å²) in [5, 5.41) is 22.1. The van der Waals surface area contributed by atoms with Crippen LogP contribution >= 0.6 is 0 Å². The lowest BCUT2D eigenvalue weighted by atomic mass is 9.86. The Hall–Kier alpha value is -1.67. The fraction of sp³-hybridized carbons (Fsp3) is 0.857. The highest BCUT2D eigenvalue weighted by Crippen LogP contribution is 2.65. The van der Waals surface area contributed by atoms with E-state index in [4.69, 9.17) is 5.73 Å². The van der Waals surface area contributed by atoms with Crippen LogP contribution in [0.3, 0.4) is 0 Å². The van der Waals surface area contributed by atoms with E-state index in [-0.39, 0.29) is 29.1 Å². The maximum atomic E-state index is 13.2. The maximum Gasteiger partial charge on any atom is 0.334 e. The number of nitrogens with two attached hydrogens (primary N) is 1. The third-order valence-corrected chi connectivity index (χ3v) is 7.21. The number of rotatable bonds is 7. The van der Waals surface area contributed by atoms with Gasteiger partial charge in [-0.05, 0) is 35.0 Å². The molecule has 0 bridgehead atoms. The van der Waals surface area contributed by atoms with Gasteiger partial charge in [0.1, 0.15) is 6.04 Å². The molecule has 5 N–H and O–H groups in total. The SMILES string of the molecule is CC(C)(C)C(N)C(=O)N1C[C@H]2[C@@H]([C@H]1C(=O)NC(CC1CC1)C(O)C(=O)O)C2(C)C. The number of carboxylic acid groups (broad SMARTS) is 1. The van der Waals surface area contributed by atoms with Crippen molar-refractivity contribution in [1.29, 1.82) is 0 Å². The van der Waals surface area contributed by atoms with Gasteiger partial charge in [0.2, 0.25) is 11.8 Å². The molecule has 8 heteroatoms. The summed E-state index contributed by atoms with van der Waals surface area (Å²) in [6.07, 6.45) is 0.722. The highest BCUT2D eigenvalue weighted by molar-refractivity contribution is 5.92. The maximum absolute atomic E-state index is 13.2. The van der Waals surface area contributed by atoms with E-state index in [2.05, 4.69) is 19.2 Å².